The van der Waals surface area contributed by atoms with Crippen molar-refractivity contribution < 1.29 is 23.1 Å². The fourth-order valence-corrected chi connectivity index (χ4v) is 2.64. The lowest BCUT2D eigenvalue weighted by Gasteiger charge is -2.30. The lowest BCUT2D eigenvalue weighted by molar-refractivity contribution is 0.0945. The SMILES string of the molecule is NC(=O)c1coc(CNC(=O)c2cc(F)ccc2N2CCOCC2)c1. The van der Waals surface area contributed by atoms with Gasteiger partial charge in [0.2, 0.25) is 0 Å². The first kappa shape index (κ1) is 17.0. The molecule has 3 rings (SSSR count). The predicted octanol–water partition coefficient (Wildman–Crippen LogP) is 1.28. The van der Waals surface area contributed by atoms with Crippen LogP contribution in [0.4, 0.5) is 10.1 Å². The highest BCUT2D eigenvalue weighted by molar-refractivity contribution is 5.99. The molecule has 0 spiro atoms. The number of carbonyl (C=O) groups excluding carboxylic acids is 2. The number of halogens is 1. The van der Waals surface area contributed by atoms with Crippen LogP contribution in [0.3, 0.4) is 0 Å². The van der Waals surface area contributed by atoms with Gasteiger partial charge in [-0.3, -0.25) is 9.59 Å². The second-order valence-electron chi connectivity index (χ2n) is 5.61. The molecule has 7 nitrogen and oxygen atoms in total. The van der Waals surface area contributed by atoms with Crippen molar-refractivity contribution in [3.05, 3.63) is 53.2 Å². The molecule has 0 atom stereocenters. The van der Waals surface area contributed by atoms with E-state index in [2.05, 4.69) is 5.32 Å². The van der Waals surface area contributed by atoms with Crippen LogP contribution in [-0.4, -0.2) is 38.1 Å². The molecule has 132 valence electrons. The first-order chi connectivity index (χ1) is 12.0. The van der Waals surface area contributed by atoms with Gasteiger partial charge in [0.05, 0.1) is 30.9 Å². The minimum Gasteiger partial charge on any atom is -0.467 e. The maximum atomic E-state index is 13.6. The molecule has 25 heavy (non-hydrogen) atoms. The van der Waals surface area contributed by atoms with Crippen LogP contribution in [-0.2, 0) is 11.3 Å². The third-order valence-electron chi connectivity index (χ3n) is 3.92. The van der Waals surface area contributed by atoms with E-state index in [1.165, 1.54) is 24.5 Å². The van der Waals surface area contributed by atoms with Gasteiger partial charge in [0.1, 0.15) is 17.8 Å². The Morgan fingerprint density at radius 2 is 2.00 bits per heavy atom. The Bertz CT molecular complexity index is 784. The minimum absolute atomic E-state index is 0.0607. The van der Waals surface area contributed by atoms with E-state index >= 15 is 0 Å². The zero-order chi connectivity index (χ0) is 17.8. The summed E-state index contributed by atoms with van der Waals surface area (Å²) in [5.41, 5.74) is 6.27. The molecule has 0 unspecified atom stereocenters. The lowest BCUT2D eigenvalue weighted by Crippen LogP contribution is -2.38. The zero-order valence-corrected chi connectivity index (χ0v) is 13.5. The summed E-state index contributed by atoms with van der Waals surface area (Å²) in [6.07, 6.45) is 1.23. The molecule has 1 aromatic carbocycles. The predicted molar refractivity (Wildman–Crippen MR) is 87.8 cm³/mol. The van der Waals surface area contributed by atoms with Crippen molar-refractivity contribution >= 4 is 17.5 Å². The number of furan rings is 1. The van der Waals surface area contributed by atoms with Crippen LogP contribution in [0.1, 0.15) is 26.5 Å². The number of ether oxygens (including phenoxy) is 1. The highest BCUT2D eigenvalue weighted by Gasteiger charge is 2.20. The van der Waals surface area contributed by atoms with Crippen molar-refractivity contribution in [1.29, 1.82) is 0 Å². The Hall–Kier alpha value is -2.87. The second kappa shape index (κ2) is 7.35. The van der Waals surface area contributed by atoms with E-state index in [1.807, 2.05) is 4.90 Å². The summed E-state index contributed by atoms with van der Waals surface area (Å²) in [6, 6.07) is 5.58. The van der Waals surface area contributed by atoms with Crippen molar-refractivity contribution in [2.45, 2.75) is 6.54 Å². The third kappa shape index (κ3) is 3.97. The van der Waals surface area contributed by atoms with Crippen LogP contribution in [0, 0.1) is 5.82 Å². The lowest BCUT2D eigenvalue weighted by atomic mass is 10.1. The maximum absolute atomic E-state index is 13.6. The smallest absolute Gasteiger partial charge is 0.253 e. The molecule has 2 aromatic rings. The minimum atomic E-state index is -0.610. The molecule has 0 bridgehead atoms. The first-order valence-electron chi connectivity index (χ1n) is 7.82. The van der Waals surface area contributed by atoms with E-state index in [-0.39, 0.29) is 17.7 Å². The Morgan fingerprint density at radius 1 is 1.24 bits per heavy atom. The highest BCUT2D eigenvalue weighted by Crippen LogP contribution is 2.23. The third-order valence-corrected chi connectivity index (χ3v) is 3.92. The van der Waals surface area contributed by atoms with E-state index in [1.54, 1.807) is 6.07 Å². The van der Waals surface area contributed by atoms with Crippen molar-refractivity contribution in [3.63, 3.8) is 0 Å². The highest BCUT2D eigenvalue weighted by atomic mass is 19.1. The van der Waals surface area contributed by atoms with Crippen molar-refractivity contribution in [2.24, 2.45) is 5.73 Å². The zero-order valence-electron chi connectivity index (χ0n) is 13.5. The molecule has 1 fully saturated rings. The van der Waals surface area contributed by atoms with Gasteiger partial charge in [-0.2, -0.15) is 0 Å². The van der Waals surface area contributed by atoms with Crippen molar-refractivity contribution in [2.75, 3.05) is 31.2 Å². The average molecular weight is 347 g/mol. The molecule has 2 amide bonds. The number of primary amides is 1. The number of nitrogens with zero attached hydrogens (tertiary/aromatic N) is 1. The molecular formula is C17H18FN3O4. The van der Waals surface area contributed by atoms with E-state index in [0.717, 1.165) is 0 Å². The van der Waals surface area contributed by atoms with Gasteiger partial charge in [0.25, 0.3) is 11.8 Å². The molecule has 0 radical (unpaired) electrons. The second-order valence-corrected chi connectivity index (χ2v) is 5.61. The van der Waals surface area contributed by atoms with Crippen molar-refractivity contribution in [1.82, 2.24) is 5.32 Å². The Kier molecular flexibility index (Phi) is 4.99. The number of nitrogens with two attached hydrogens (primary N) is 1. The molecule has 1 saturated heterocycles. The van der Waals surface area contributed by atoms with Crippen molar-refractivity contribution in [3.8, 4) is 0 Å². The van der Waals surface area contributed by atoms with E-state index in [9.17, 15) is 14.0 Å². The number of morpholine rings is 1. The molecule has 0 saturated carbocycles. The van der Waals surface area contributed by atoms with Crippen LogP contribution in [0.5, 0.6) is 0 Å². The largest absolute Gasteiger partial charge is 0.467 e. The summed E-state index contributed by atoms with van der Waals surface area (Å²) in [5.74, 6) is -1.15. The fraction of sp³-hybridized carbons (Fsp3) is 0.294. The van der Waals surface area contributed by atoms with Gasteiger partial charge in [-0.15, -0.1) is 0 Å². The van der Waals surface area contributed by atoms with Crippen LogP contribution in [0.15, 0.2) is 34.9 Å². The Balaban J connectivity index is 1.74. The number of amides is 2. The number of rotatable bonds is 5. The Labute approximate surface area is 143 Å². The number of carbonyl (C=O) groups is 2. The monoisotopic (exact) mass is 347 g/mol. The number of anilines is 1. The molecule has 1 aromatic heterocycles. The standard InChI is InChI=1S/C17H18FN3O4/c18-12-1-2-15(21-3-5-24-6-4-21)14(8-12)17(23)20-9-13-7-11(10-25-13)16(19)22/h1-2,7-8,10H,3-6,9H2,(H2,19,22)(H,20,23). The van der Waals surface area contributed by atoms with Crippen LogP contribution < -0.4 is 16.0 Å². The van der Waals surface area contributed by atoms with Gasteiger partial charge >= 0.3 is 0 Å². The number of hydrogen-bond acceptors (Lipinski definition) is 5. The summed E-state index contributed by atoms with van der Waals surface area (Å²) in [5, 5.41) is 2.66. The van der Waals surface area contributed by atoms with Gasteiger partial charge in [0.15, 0.2) is 0 Å². The van der Waals surface area contributed by atoms with Crippen LogP contribution in [0.25, 0.3) is 0 Å². The Morgan fingerprint density at radius 3 is 2.68 bits per heavy atom. The van der Waals surface area contributed by atoms with Gasteiger partial charge in [-0.25, -0.2) is 4.39 Å². The summed E-state index contributed by atoms with van der Waals surface area (Å²) in [6.45, 7) is 2.44. The first-order valence-corrected chi connectivity index (χ1v) is 7.82. The summed E-state index contributed by atoms with van der Waals surface area (Å²) >= 11 is 0. The van der Waals surface area contributed by atoms with E-state index in [0.29, 0.717) is 37.8 Å². The quantitative estimate of drug-likeness (QED) is 0.849. The molecule has 1 aliphatic heterocycles. The van der Waals surface area contributed by atoms with Gasteiger partial charge in [0, 0.05) is 18.8 Å². The van der Waals surface area contributed by atoms with Gasteiger partial charge < -0.3 is 25.1 Å². The number of hydrogen-bond donors (Lipinski definition) is 2. The number of benzene rings is 1. The topological polar surface area (TPSA) is 97.8 Å². The molecule has 8 heteroatoms. The molecule has 0 aliphatic carbocycles. The summed E-state index contributed by atoms with van der Waals surface area (Å²) < 4.78 is 24.1. The van der Waals surface area contributed by atoms with E-state index < -0.39 is 17.6 Å². The van der Waals surface area contributed by atoms with Crippen LogP contribution in [0.2, 0.25) is 0 Å². The normalized spacial score (nSPS) is 14.4. The molecule has 3 N–H and O–H groups in total. The molecule has 2 heterocycles. The molecule has 1 aliphatic rings. The van der Waals surface area contributed by atoms with Gasteiger partial charge in [-0.1, -0.05) is 0 Å². The van der Waals surface area contributed by atoms with Crippen LogP contribution >= 0.6 is 0 Å². The number of nitrogens with one attached hydrogen (secondary N) is 1. The van der Waals surface area contributed by atoms with E-state index in [4.69, 9.17) is 14.9 Å². The maximum Gasteiger partial charge on any atom is 0.253 e. The fourth-order valence-electron chi connectivity index (χ4n) is 2.64. The summed E-state index contributed by atoms with van der Waals surface area (Å²) in [7, 11) is 0. The summed E-state index contributed by atoms with van der Waals surface area (Å²) in [4.78, 5) is 25.5. The van der Waals surface area contributed by atoms with Gasteiger partial charge in [-0.05, 0) is 24.3 Å². The molecular weight excluding hydrogens is 329 g/mol. The average Bonchev–Trinajstić information content (AvgIpc) is 3.10.